The summed E-state index contributed by atoms with van der Waals surface area (Å²) in [4.78, 5) is 4.18. The van der Waals surface area contributed by atoms with E-state index in [2.05, 4.69) is 9.72 Å². The molecule has 0 spiro atoms. The first-order valence-electron chi connectivity index (χ1n) is 6.04. The first kappa shape index (κ1) is 13.6. The van der Waals surface area contributed by atoms with Crippen LogP contribution in [0.4, 0.5) is 14.7 Å². The van der Waals surface area contributed by atoms with E-state index in [1.807, 2.05) is 0 Å². The van der Waals surface area contributed by atoms with Crippen molar-refractivity contribution in [3.05, 3.63) is 47.5 Å². The van der Waals surface area contributed by atoms with Crippen LogP contribution in [0.5, 0.6) is 5.75 Å². The van der Waals surface area contributed by atoms with Crippen molar-refractivity contribution >= 4 is 28.6 Å². The van der Waals surface area contributed by atoms with E-state index in [0.717, 1.165) is 0 Å². The van der Waals surface area contributed by atoms with Gasteiger partial charge in [-0.1, -0.05) is 29.8 Å². The van der Waals surface area contributed by atoms with E-state index in [0.29, 0.717) is 21.7 Å². The molecule has 0 aliphatic rings. The second-order valence-corrected chi connectivity index (χ2v) is 4.67. The molecule has 1 aromatic heterocycles. The number of para-hydroxylation sites is 3. The van der Waals surface area contributed by atoms with Gasteiger partial charge in [0, 0.05) is 0 Å². The maximum Gasteiger partial charge on any atom is 0.387 e. The SMILES string of the molecule is Nc1nc2c(Cl)cccc2n1-c1ccccc1OC(F)F. The van der Waals surface area contributed by atoms with Crippen LogP contribution in [-0.4, -0.2) is 16.2 Å². The van der Waals surface area contributed by atoms with Crippen LogP contribution in [0.2, 0.25) is 5.02 Å². The predicted octanol–water partition coefficient (Wildman–Crippen LogP) is 3.86. The number of benzene rings is 2. The Labute approximate surface area is 123 Å². The van der Waals surface area contributed by atoms with Crippen molar-refractivity contribution in [2.24, 2.45) is 0 Å². The lowest BCUT2D eigenvalue weighted by molar-refractivity contribution is -0.0498. The van der Waals surface area contributed by atoms with Crippen LogP contribution >= 0.6 is 11.6 Å². The molecule has 7 heteroatoms. The lowest BCUT2D eigenvalue weighted by Crippen LogP contribution is -2.07. The molecule has 0 aliphatic heterocycles. The number of imidazole rings is 1. The van der Waals surface area contributed by atoms with E-state index >= 15 is 0 Å². The maximum absolute atomic E-state index is 12.5. The van der Waals surface area contributed by atoms with Gasteiger partial charge in [-0.3, -0.25) is 4.57 Å². The lowest BCUT2D eigenvalue weighted by Gasteiger charge is -2.12. The Kier molecular flexibility index (Phi) is 3.39. The Morgan fingerprint density at radius 3 is 2.67 bits per heavy atom. The highest BCUT2D eigenvalue weighted by Gasteiger charge is 2.17. The Morgan fingerprint density at radius 1 is 1.14 bits per heavy atom. The highest BCUT2D eigenvalue weighted by molar-refractivity contribution is 6.35. The Morgan fingerprint density at radius 2 is 1.90 bits per heavy atom. The fourth-order valence-corrected chi connectivity index (χ4v) is 2.39. The molecule has 0 amide bonds. The Balaban J connectivity index is 2.26. The summed E-state index contributed by atoms with van der Waals surface area (Å²) in [7, 11) is 0. The minimum atomic E-state index is -2.93. The number of rotatable bonds is 3. The minimum absolute atomic E-state index is 0.0125. The van der Waals surface area contributed by atoms with Gasteiger partial charge in [0.1, 0.15) is 11.3 Å². The number of aromatic nitrogens is 2. The molecule has 0 saturated carbocycles. The molecule has 3 rings (SSSR count). The average Bonchev–Trinajstić information content (AvgIpc) is 2.77. The summed E-state index contributed by atoms with van der Waals surface area (Å²) in [5.41, 5.74) is 7.40. The number of alkyl halides is 2. The smallest absolute Gasteiger partial charge is 0.387 e. The highest BCUT2D eigenvalue weighted by Crippen LogP contribution is 2.32. The fourth-order valence-electron chi connectivity index (χ4n) is 2.17. The van der Waals surface area contributed by atoms with E-state index in [4.69, 9.17) is 17.3 Å². The highest BCUT2D eigenvalue weighted by atomic mass is 35.5. The summed E-state index contributed by atoms with van der Waals surface area (Å²) in [6.45, 7) is -2.93. The number of ether oxygens (including phenoxy) is 1. The molecule has 1 heterocycles. The number of anilines is 1. The number of nitrogens with two attached hydrogens (primary N) is 1. The third kappa shape index (κ3) is 2.38. The molecule has 0 fully saturated rings. The monoisotopic (exact) mass is 309 g/mol. The molecule has 2 N–H and O–H groups in total. The van der Waals surface area contributed by atoms with E-state index in [-0.39, 0.29) is 11.7 Å². The van der Waals surface area contributed by atoms with Crippen LogP contribution in [0.15, 0.2) is 42.5 Å². The van der Waals surface area contributed by atoms with Crippen LogP contribution in [0.25, 0.3) is 16.7 Å². The molecular weight excluding hydrogens is 300 g/mol. The zero-order valence-corrected chi connectivity index (χ0v) is 11.4. The molecule has 108 valence electrons. The standard InChI is InChI=1S/C14H10ClF2N3O/c15-8-4-3-6-10-12(8)19-14(18)20(10)9-5-1-2-7-11(9)21-13(16)17/h1-7,13H,(H2,18,19). The summed E-state index contributed by atoms with van der Waals surface area (Å²) >= 11 is 6.07. The molecule has 0 atom stereocenters. The largest absolute Gasteiger partial charge is 0.433 e. The molecule has 0 aliphatic carbocycles. The first-order valence-corrected chi connectivity index (χ1v) is 6.42. The van der Waals surface area contributed by atoms with Gasteiger partial charge in [0.25, 0.3) is 0 Å². The maximum atomic E-state index is 12.5. The zero-order valence-electron chi connectivity index (χ0n) is 10.6. The Hall–Kier alpha value is -2.34. The zero-order chi connectivity index (χ0) is 15.0. The van der Waals surface area contributed by atoms with Gasteiger partial charge in [-0.25, -0.2) is 4.98 Å². The molecule has 0 unspecified atom stereocenters. The molecule has 0 saturated heterocycles. The van der Waals surface area contributed by atoms with E-state index in [9.17, 15) is 8.78 Å². The van der Waals surface area contributed by atoms with Crippen molar-refractivity contribution in [2.75, 3.05) is 5.73 Å². The topological polar surface area (TPSA) is 53.1 Å². The van der Waals surface area contributed by atoms with Crippen molar-refractivity contribution in [2.45, 2.75) is 6.61 Å². The number of hydrogen-bond donors (Lipinski definition) is 1. The quantitative estimate of drug-likeness (QED) is 0.799. The van der Waals surface area contributed by atoms with Crippen LogP contribution in [0.3, 0.4) is 0 Å². The van der Waals surface area contributed by atoms with E-state index < -0.39 is 6.61 Å². The molecule has 3 aromatic rings. The minimum Gasteiger partial charge on any atom is -0.433 e. The molecule has 2 aromatic carbocycles. The van der Waals surface area contributed by atoms with Crippen molar-refractivity contribution in [1.82, 2.24) is 9.55 Å². The number of nitrogens with zero attached hydrogens (tertiary/aromatic N) is 2. The van der Waals surface area contributed by atoms with Crippen LogP contribution in [0, 0.1) is 0 Å². The van der Waals surface area contributed by atoms with E-state index in [1.54, 1.807) is 36.4 Å². The molecule has 0 bridgehead atoms. The number of nitrogen functional groups attached to an aromatic ring is 1. The third-order valence-electron chi connectivity index (χ3n) is 2.98. The van der Waals surface area contributed by atoms with Crippen LogP contribution in [0.1, 0.15) is 0 Å². The third-order valence-corrected chi connectivity index (χ3v) is 3.29. The lowest BCUT2D eigenvalue weighted by atomic mass is 10.2. The van der Waals surface area contributed by atoms with Gasteiger partial charge >= 0.3 is 6.61 Å². The second kappa shape index (κ2) is 5.21. The molecule has 4 nitrogen and oxygen atoms in total. The Bertz CT molecular complexity index is 804. The van der Waals surface area contributed by atoms with Gasteiger partial charge in [-0.2, -0.15) is 8.78 Å². The molecule has 0 radical (unpaired) electrons. The average molecular weight is 310 g/mol. The van der Waals surface area contributed by atoms with Gasteiger partial charge in [0.15, 0.2) is 0 Å². The molecule has 21 heavy (non-hydrogen) atoms. The van der Waals surface area contributed by atoms with Gasteiger partial charge in [0.2, 0.25) is 5.95 Å². The summed E-state index contributed by atoms with van der Waals surface area (Å²) < 4.78 is 31.1. The van der Waals surface area contributed by atoms with E-state index in [1.165, 1.54) is 10.6 Å². The normalized spacial score (nSPS) is 11.2. The van der Waals surface area contributed by atoms with Crippen LogP contribution < -0.4 is 10.5 Å². The summed E-state index contributed by atoms with van der Waals surface area (Å²) in [5, 5.41) is 0.435. The predicted molar refractivity (Wildman–Crippen MR) is 77.1 cm³/mol. The molecular formula is C14H10ClF2N3O. The summed E-state index contributed by atoms with van der Waals surface area (Å²) in [6, 6.07) is 11.5. The van der Waals surface area contributed by atoms with Gasteiger partial charge < -0.3 is 10.5 Å². The van der Waals surface area contributed by atoms with Gasteiger partial charge in [0.05, 0.1) is 16.2 Å². The first-order chi connectivity index (χ1) is 10.1. The summed E-state index contributed by atoms with van der Waals surface area (Å²) in [6.07, 6.45) is 0. The van der Waals surface area contributed by atoms with Crippen molar-refractivity contribution in [3.8, 4) is 11.4 Å². The fraction of sp³-hybridized carbons (Fsp3) is 0.0714. The van der Waals surface area contributed by atoms with Gasteiger partial charge in [-0.05, 0) is 24.3 Å². The number of fused-ring (bicyclic) bond motifs is 1. The van der Waals surface area contributed by atoms with Crippen LogP contribution in [-0.2, 0) is 0 Å². The van der Waals surface area contributed by atoms with Gasteiger partial charge in [-0.15, -0.1) is 0 Å². The number of hydrogen-bond acceptors (Lipinski definition) is 3. The number of halogens is 3. The summed E-state index contributed by atoms with van der Waals surface area (Å²) in [5.74, 6) is 0.155. The second-order valence-electron chi connectivity index (χ2n) is 4.26. The van der Waals surface area contributed by atoms with Crippen molar-refractivity contribution < 1.29 is 13.5 Å². The van der Waals surface area contributed by atoms with Crippen molar-refractivity contribution in [3.63, 3.8) is 0 Å². The van der Waals surface area contributed by atoms with Crippen molar-refractivity contribution in [1.29, 1.82) is 0 Å².